The Morgan fingerprint density at radius 3 is 2.10 bits per heavy atom. The standard InChI is InChI=1S/C22H23FN4O2/c1-24-22(26-13-16-3-8-19(28-2)9-4-16)27-15-17-5-12-21(25-14-17)29-20-10-6-18(23)7-11-20/h3-12,14H,13,15H2,1-2H3,(H2,24,26,27). The molecule has 0 aliphatic rings. The second-order valence-electron chi connectivity index (χ2n) is 6.19. The van der Waals surface area contributed by atoms with Crippen LogP contribution < -0.4 is 20.1 Å². The first-order chi connectivity index (χ1) is 14.2. The van der Waals surface area contributed by atoms with Gasteiger partial charge in [0.1, 0.15) is 17.3 Å². The minimum Gasteiger partial charge on any atom is -0.497 e. The predicted octanol–water partition coefficient (Wildman–Crippen LogP) is 3.89. The highest BCUT2D eigenvalue weighted by Gasteiger charge is 2.03. The van der Waals surface area contributed by atoms with Crippen LogP contribution in [0.4, 0.5) is 4.39 Å². The van der Waals surface area contributed by atoms with Crippen LogP contribution >= 0.6 is 0 Å². The Morgan fingerprint density at radius 1 is 0.897 bits per heavy atom. The first-order valence-electron chi connectivity index (χ1n) is 9.12. The number of rotatable bonds is 7. The van der Waals surface area contributed by atoms with Crippen molar-refractivity contribution in [3.63, 3.8) is 0 Å². The summed E-state index contributed by atoms with van der Waals surface area (Å²) in [6.07, 6.45) is 1.72. The molecule has 1 aromatic heterocycles. The molecule has 3 rings (SSSR count). The van der Waals surface area contributed by atoms with Gasteiger partial charge in [-0.2, -0.15) is 0 Å². The third kappa shape index (κ3) is 6.21. The van der Waals surface area contributed by atoms with Crippen LogP contribution in [0.15, 0.2) is 71.9 Å². The van der Waals surface area contributed by atoms with E-state index in [9.17, 15) is 4.39 Å². The van der Waals surface area contributed by atoms with Crippen molar-refractivity contribution in [1.29, 1.82) is 0 Å². The molecule has 0 aliphatic heterocycles. The number of pyridine rings is 1. The summed E-state index contributed by atoms with van der Waals surface area (Å²) in [7, 11) is 3.37. The summed E-state index contributed by atoms with van der Waals surface area (Å²) in [6, 6.07) is 17.4. The fraction of sp³-hybridized carbons (Fsp3) is 0.182. The molecular formula is C22H23FN4O2. The molecule has 0 unspecified atom stereocenters. The molecule has 29 heavy (non-hydrogen) atoms. The SMILES string of the molecule is CN=C(NCc1ccc(OC)cc1)NCc1ccc(Oc2ccc(F)cc2)nc1. The minimum absolute atomic E-state index is 0.305. The quantitative estimate of drug-likeness (QED) is 0.470. The Hall–Kier alpha value is -3.61. The van der Waals surface area contributed by atoms with Crippen molar-refractivity contribution in [2.24, 2.45) is 4.99 Å². The number of guanidine groups is 1. The highest BCUT2D eigenvalue weighted by atomic mass is 19.1. The summed E-state index contributed by atoms with van der Waals surface area (Å²) in [4.78, 5) is 8.51. The summed E-state index contributed by atoms with van der Waals surface area (Å²) in [5.74, 6) is 2.19. The normalized spacial score (nSPS) is 11.1. The summed E-state index contributed by atoms with van der Waals surface area (Å²) < 4.78 is 23.7. The van der Waals surface area contributed by atoms with Crippen LogP contribution in [0, 0.1) is 5.82 Å². The highest BCUT2D eigenvalue weighted by Crippen LogP contribution is 2.19. The molecule has 0 saturated carbocycles. The number of benzene rings is 2. The largest absolute Gasteiger partial charge is 0.497 e. The van der Waals surface area contributed by atoms with Crippen LogP contribution in [-0.2, 0) is 13.1 Å². The Morgan fingerprint density at radius 2 is 1.52 bits per heavy atom. The number of hydrogen-bond donors (Lipinski definition) is 2. The molecule has 0 spiro atoms. The number of aromatic nitrogens is 1. The second-order valence-corrected chi connectivity index (χ2v) is 6.19. The lowest BCUT2D eigenvalue weighted by Crippen LogP contribution is -2.36. The number of ether oxygens (including phenoxy) is 2. The lowest BCUT2D eigenvalue weighted by Gasteiger charge is -2.12. The summed E-state index contributed by atoms with van der Waals surface area (Å²) in [6.45, 7) is 1.21. The number of hydrogen-bond acceptors (Lipinski definition) is 4. The van der Waals surface area contributed by atoms with E-state index in [1.165, 1.54) is 12.1 Å². The van der Waals surface area contributed by atoms with Crippen molar-refractivity contribution in [2.45, 2.75) is 13.1 Å². The van der Waals surface area contributed by atoms with Gasteiger partial charge in [0.15, 0.2) is 5.96 Å². The molecule has 2 N–H and O–H groups in total. The topological polar surface area (TPSA) is 67.8 Å². The second kappa shape index (κ2) is 10.1. The van der Waals surface area contributed by atoms with E-state index < -0.39 is 0 Å². The molecule has 3 aromatic rings. The van der Waals surface area contributed by atoms with Gasteiger partial charge in [0.25, 0.3) is 0 Å². The number of methoxy groups -OCH3 is 1. The molecule has 7 heteroatoms. The molecular weight excluding hydrogens is 371 g/mol. The van der Waals surface area contributed by atoms with Crippen molar-refractivity contribution < 1.29 is 13.9 Å². The lowest BCUT2D eigenvalue weighted by molar-refractivity contribution is 0.414. The predicted molar refractivity (Wildman–Crippen MR) is 111 cm³/mol. The van der Waals surface area contributed by atoms with Crippen molar-refractivity contribution in [3.8, 4) is 17.4 Å². The van der Waals surface area contributed by atoms with Crippen LogP contribution in [-0.4, -0.2) is 25.1 Å². The van der Waals surface area contributed by atoms with Crippen molar-refractivity contribution >= 4 is 5.96 Å². The third-order valence-corrected chi connectivity index (χ3v) is 4.14. The maximum absolute atomic E-state index is 12.9. The van der Waals surface area contributed by atoms with Gasteiger partial charge in [-0.15, -0.1) is 0 Å². The van der Waals surface area contributed by atoms with E-state index in [-0.39, 0.29) is 5.82 Å². The Kier molecular flexibility index (Phi) is 7.00. The van der Waals surface area contributed by atoms with Gasteiger partial charge < -0.3 is 20.1 Å². The van der Waals surface area contributed by atoms with E-state index in [0.29, 0.717) is 30.7 Å². The lowest BCUT2D eigenvalue weighted by atomic mass is 10.2. The van der Waals surface area contributed by atoms with E-state index in [1.807, 2.05) is 30.3 Å². The zero-order valence-electron chi connectivity index (χ0n) is 16.4. The van der Waals surface area contributed by atoms with Crippen LogP contribution in [0.1, 0.15) is 11.1 Å². The number of aliphatic imine (C=N–C) groups is 1. The zero-order valence-corrected chi connectivity index (χ0v) is 16.4. The van der Waals surface area contributed by atoms with E-state index >= 15 is 0 Å². The molecule has 0 amide bonds. The average molecular weight is 394 g/mol. The molecule has 0 radical (unpaired) electrons. The zero-order chi connectivity index (χ0) is 20.5. The average Bonchev–Trinajstić information content (AvgIpc) is 2.77. The Balaban J connectivity index is 1.48. The Labute approximate surface area is 169 Å². The van der Waals surface area contributed by atoms with Gasteiger partial charge in [0.2, 0.25) is 5.88 Å². The van der Waals surface area contributed by atoms with Crippen LogP contribution in [0.25, 0.3) is 0 Å². The maximum Gasteiger partial charge on any atom is 0.219 e. The first kappa shape index (κ1) is 20.1. The minimum atomic E-state index is -0.305. The highest BCUT2D eigenvalue weighted by molar-refractivity contribution is 5.79. The van der Waals surface area contributed by atoms with E-state index in [1.54, 1.807) is 38.6 Å². The molecule has 2 aromatic carbocycles. The van der Waals surface area contributed by atoms with Gasteiger partial charge >= 0.3 is 0 Å². The molecule has 0 bridgehead atoms. The van der Waals surface area contributed by atoms with E-state index in [2.05, 4.69) is 20.6 Å². The molecule has 1 heterocycles. The van der Waals surface area contributed by atoms with Crippen LogP contribution in [0.2, 0.25) is 0 Å². The van der Waals surface area contributed by atoms with Gasteiger partial charge in [0.05, 0.1) is 7.11 Å². The number of nitrogens with one attached hydrogen (secondary N) is 2. The molecule has 150 valence electrons. The van der Waals surface area contributed by atoms with Gasteiger partial charge in [-0.25, -0.2) is 9.37 Å². The van der Waals surface area contributed by atoms with Gasteiger partial charge in [0, 0.05) is 32.4 Å². The molecule has 0 aliphatic carbocycles. The van der Waals surface area contributed by atoms with Crippen LogP contribution in [0.3, 0.4) is 0 Å². The summed E-state index contributed by atoms with van der Waals surface area (Å²) in [5, 5.41) is 6.51. The number of nitrogens with zero attached hydrogens (tertiary/aromatic N) is 2. The van der Waals surface area contributed by atoms with E-state index in [4.69, 9.17) is 9.47 Å². The van der Waals surface area contributed by atoms with Crippen molar-refractivity contribution in [1.82, 2.24) is 15.6 Å². The van der Waals surface area contributed by atoms with Crippen molar-refractivity contribution in [3.05, 3.63) is 83.8 Å². The van der Waals surface area contributed by atoms with Gasteiger partial charge in [-0.1, -0.05) is 18.2 Å². The molecule has 0 fully saturated rings. The molecule has 6 nitrogen and oxygen atoms in total. The summed E-state index contributed by atoms with van der Waals surface area (Å²) >= 11 is 0. The Bertz CT molecular complexity index is 927. The maximum atomic E-state index is 12.9. The summed E-state index contributed by atoms with van der Waals surface area (Å²) in [5.41, 5.74) is 2.10. The monoisotopic (exact) mass is 394 g/mol. The molecule has 0 atom stereocenters. The third-order valence-electron chi connectivity index (χ3n) is 4.14. The van der Waals surface area contributed by atoms with Gasteiger partial charge in [-0.3, -0.25) is 4.99 Å². The van der Waals surface area contributed by atoms with Crippen molar-refractivity contribution in [2.75, 3.05) is 14.2 Å². The molecule has 0 saturated heterocycles. The first-order valence-corrected chi connectivity index (χ1v) is 9.12. The number of halogens is 1. The van der Waals surface area contributed by atoms with Gasteiger partial charge in [-0.05, 0) is 47.5 Å². The fourth-order valence-electron chi connectivity index (χ4n) is 2.53. The fourth-order valence-corrected chi connectivity index (χ4v) is 2.53. The van der Waals surface area contributed by atoms with E-state index in [0.717, 1.165) is 16.9 Å². The van der Waals surface area contributed by atoms with Crippen LogP contribution in [0.5, 0.6) is 17.4 Å². The smallest absolute Gasteiger partial charge is 0.219 e.